The van der Waals surface area contributed by atoms with E-state index < -0.39 is 0 Å². The fourth-order valence-corrected chi connectivity index (χ4v) is 4.19. The van der Waals surface area contributed by atoms with Crippen molar-refractivity contribution >= 4 is 10.9 Å². The van der Waals surface area contributed by atoms with Crippen molar-refractivity contribution in [2.24, 2.45) is 0 Å². The van der Waals surface area contributed by atoms with Crippen LogP contribution in [-0.4, -0.2) is 25.1 Å². The first kappa shape index (κ1) is 18.6. The van der Waals surface area contributed by atoms with Gasteiger partial charge in [-0.25, -0.2) is 9.37 Å². The normalized spacial score (nSPS) is 13.2. The molecule has 0 radical (unpaired) electrons. The molecule has 0 spiro atoms. The van der Waals surface area contributed by atoms with Crippen molar-refractivity contribution in [1.29, 1.82) is 0 Å². The largest absolute Gasteiger partial charge is 0.363 e. The number of aromatic nitrogens is 4. The van der Waals surface area contributed by atoms with Gasteiger partial charge in [0.15, 0.2) is 5.82 Å². The summed E-state index contributed by atoms with van der Waals surface area (Å²) in [5.74, 6) is 0.554. The second kappa shape index (κ2) is 7.13. The third-order valence-corrected chi connectivity index (χ3v) is 5.96. The number of fused-ring (bicyclic) bond motifs is 2. The standard InChI is InChI=1S/C24H24FN5/c1-4-14(3)30-12-21-22(13-30)27-24(26-21)23-18-9-7-16(10-20(18)28-29-23)19-11-17(25)8-6-15(19)5-2/h6-11H,3-5,12-13H2,1-2H3,(H,26,27)(H,28,29). The molecule has 4 aromatic rings. The van der Waals surface area contributed by atoms with Crippen LogP contribution in [-0.2, 0) is 19.5 Å². The zero-order chi connectivity index (χ0) is 20.8. The lowest BCUT2D eigenvalue weighted by Crippen LogP contribution is -2.15. The number of aromatic amines is 2. The van der Waals surface area contributed by atoms with E-state index >= 15 is 0 Å². The third kappa shape index (κ3) is 3.00. The molecule has 0 saturated carbocycles. The average molecular weight is 401 g/mol. The summed E-state index contributed by atoms with van der Waals surface area (Å²) >= 11 is 0. The number of nitrogens with zero attached hydrogens (tertiary/aromatic N) is 3. The van der Waals surface area contributed by atoms with Gasteiger partial charge in [-0.3, -0.25) is 5.10 Å². The Hall–Kier alpha value is -3.41. The van der Waals surface area contributed by atoms with Crippen LogP contribution in [0.4, 0.5) is 4.39 Å². The minimum atomic E-state index is -0.225. The van der Waals surface area contributed by atoms with Gasteiger partial charge in [0.05, 0.1) is 30.0 Å². The molecule has 0 aliphatic carbocycles. The van der Waals surface area contributed by atoms with E-state index in [0.717, 1.165) is 82.1 Å². The minimum absolute atomic E-state index is 0.225. The van der Waals surface area contributed by atoms with Crippen LogP contribution in [0.2, 0.25) is 0 Å². The van der Waals surface area contributed by atoms with E-state index in [1.807, 2.05) is 24.3 Å². The number of hydrogen-bond acceptors (Lipinski definition) is 3. The molecule has 0 amide bonds. The summed E-state index contributed by atoms with van der Waals surface area (Å²) in [6.45, 7) is 9.91. The predicted octanol–water partition coefficient (Wildman–Crippen LogP) is 5.56. The second-order valence-electron chi connectivity index (χ2n) is 7.77. The van der Waals surface area contributed by atoms with Crippen LogP contribution in [0.3, 0.4) is 0 Å². The molecule has 152 valence electrons. The lowest BCUT2D eigenvalue weighted by molar-refractivity contribution is 0.348. The molecule has 0 saturated heterocycles. The highest BCUT2D eigenvalue weighted by molar-refractivity contribution is 5.94. The summed E-state index contributed by atoms with van der Waals surface area (Å²) in [7, 11) is 0. The molecule has 30 heavy (non-hydrogen) atoms. The van der Waals surface area contributed by atoms with Crippen molar-refractivity contribution in [2.45, 2.75) is 39.8 Å². The fraction of sp³-hybridized carbons (Fsp3) is 0.250. The van der Waals surface area contributed by atoms with E-state index in [2.05, 4.69) is 40.5 Å². The SMILES string of the molecule is C=C(CC)N1Cc2nc(-c3n[nH]c4cc(-c5cc(F)ccc5CC)ccc34)[nH]c2C1. The van der Waals surface area contributed by atoms with Crippen molar-refractivity contribution in [3.05, 3.63) is 71.4 Å². The summed E-state index contributed by atoms with van der Waals surface area (Å²) in [4.78, 5) is 10.5. The van der Waals surface area contributed by atoms with E-state index in [0.29, 0.717) is 0 Å². The van der Waals surface area contributed by atoms with Crippen molar-refractivity contribution in [3.63, 3.8) is 0 Å². The highest BCUT2D eigenvalue weighted by Gasteiger charge is 2.25. The van der Waals surface area contributed by atoms with Gasteiger partial charge in [-0.2, -0.15) is 5.10 Å². The zero-order valence-corrected chi connectivity index (χ0v) is 17.2. The minimum Gasteiger partial charge on any atom is -0.363 e. The Labute approximate surface area is 174 Å². The first-order valence-corrected chi connectivity index (χ1v) is 10.3. The van der Waals surface area contributed by atoms with E-state index in [4.69, 9.17) is 4.98 Å². The molecule has 2 aromatic carbocycles. The molecule has 5 nitrogen and oxygen atoms in total. The lowest BCUT2D eigenvalue weighted by atomic mass is 9.97. The van der Waals surface area contributed by atoms with Crippen LogP contribution in [0.5, 0.6) is 0 Å². The summed E-state index contributed by atoms with van der Waals surface area (Å²) in [6.07, 6.45) is 1.79. The maximum atomic E-state index is 13.8. The Bertz CT molecular complexity index is 1240. The van der Waals surface area contributed by atoms with Crippen LogP contribution in [0.15, 0.2) is 48.7 Å². The Kier molecular flexibility index (Phi) is 4.42. The van der Waals surface area contributed by atoms with Gasteiger partial charge in [0.25, 0.3) is 0 Å². The zero-order valence-electron chi connectivity index (χ0n) is 17.2. The molecular weight excluding hydrogens is 377 g/mol. The number of imidazole rings is 1. The monoisotopic (exact) mass is 401 g/mol. The molecule has 0 fully saturated rings. The molecule has 6 heteroatoms. The molecule has 5 rings (SSSR count). The molecule has 1 aliphatic heterocycles. The second-order valence-corrected chi connectivity index (χ2v) is 7.77. The molecule has 2 aromatic heterocycles. The molecule has 0 unspecified atom stereocenters. The topological polar surface area (TPSA) is 60.6 Å². The molecule has 0 bridgehead atoms. The lowest BCUT2D eigenvalue weighted by Gasteiger charge is -2.18. The van der Waals surface area contributed by atoms with Crippen LogP contribution in [0, 0.1) is 5.82 Å². The summed E-state index contributed by atoms with van der Waals surface area (Å²) in [6, 6.07) is 11.1. The van der Waals surface area contributed by atoms with Gasteiger partial charge in [-0.15, -0.1) is 0 Å². The van der Waals surface area contributed by atoms with Crippen molar-refractivity contribution in [3.8, 4) is 22.6 Å². The van der Waals surface area contributed by atoms with E-state index in [1.165, 1.54) is 6.07 Å². The van der Waals surface area contributed by atoms with E-state index in [-0.39, 0.29) is 5.82 Å². The summed E-state index contributed by atoms with van der Waals surface area (Å²) in [5.41, 5.74) is 8.04. The van der Waals surface area contributed by atoms with Gasteiger partial charge >= 0.3 is 0 Å². The van der Waals surface area contributed by atoms with Crippen molar-refractivity contribution in [2.75, 3.05) is 0 Å². The number of aryl methyl sites for hydroxylation is 1. The van der Waals surface area contributed by atoms with Crippen LogP contribution >= 0.6 is 0 Å². The number of allylic oxidation sites excluding steroid dienone is 1. The van der Waals surface area contributed by atoms with Crippen LogP contribution in [0.25, 0.3) is 33.5 Å². The number of H-pyrrole nitrogens is 2. The Balaban J connectivity index is 1.49. The highest BCUT2D eigenvalue weighted by Crippen LogP contribution is 2.33. The summed E-state index contributed by atoms with van der Waals surface area (Å²) < 4.78 is 13.8. The number of benzene rings is 2. The molecular formula is C24H24FN5. The van der Waals surface area contributed by atoms with E-state index in [1.54, 1.807) is 6.07 Å². The fourth-order valence-electron chi connectivity index (χ4n) is 4.19. The molecule has 1 aliphatic rings. The first-order chi connectivity index (χ1) is 14.6. The maximum absolute atomic E-state index is 13.8. The van der Waals surface area contributed by atoms with Gasteiger partial charge in [-0.05, 0) is 53.8 Å². The van der Waals surface area contributed by atoms with Crippen LogP contribution < -0.4 is 0 Å². The summed E-state index contributed by atoms with van der Waals surface area (Å²) in [5, 5.41) is 8.64. The van der Waals surface area contributed by atoms with Gasteiger partial charge < -0.3 is 9.88 Å². The number of nitrogens with one attached hydrogen (secondary N) is 2. The quantitative estimate of drug-likeness (QED) is 0.460. The van der Waals surface area contributed by atoms with Crippen LogP contribution in [0.1, 0.15) is 37.2 Å². The number of halogens is 1. The Morgan fingerprint density at radius 3 is 2.80 bits per heavy atom. The maximum Gasteiger partial charge on any atom is 0.159 e. The van der Waals surface area contributed by atoms with Crippen molar-refractivity contribution < 1.29 is 4.39 Å². The van der Waals surface area contributed by atoms with Gasteiger partial charge in [0, 0.05) is 11.1 Å². The first-order valence-electron chi connectivity index (χ1n) is 10.3. The third-order valence-electron chi connectivity index (χ3n) is 5.96. The number of hydrogen-bond donors (Lipinski definition) is 2. The molecule has 0 atom stereocenters. The highest BCUT2D eigenvalue weighted by atomic mass is 19.1. The van der Waals surface area contributed by atoms with E-state index in [9.17, 15) is 4.39 Å². The predicted molar refractivity (Wildman–Crippen MR) is 117 cm³/mol. The Morgan fingerprint density at radius 2 is 2.03 bits per heavy atom. The average Bonchev–Trinajstić information content (AvgIpc) is 3.45. The molecule has 3 heterocycles. The van der Waals surface area contributed by atoms with Gasteiger partial charge in [0.1, 0.15) is 11.5 Å². The smallest absolute Gasteiger partial charge is 0.159 e. The van der Waals surface area contributed by atoms with Gasteiger partial charge in [-0.1, -0.05) is 32.6 Å². The van der Waals surface area contributed by atoms with Gasteiger partial charge in [0.2, 0.25) is 0 Å². The molecule has 2 N–H and O–H groups in total. The Morgan fingerprint density at radius 1 is 1.17 bits per heavy atom. The van der Waals surface area contributed by atoms with Crippen molar-refractivity contribution in [1.82, 2.24) is 25.1 Å². The number of rotatable bonds is 5.